The van der Waals surface area contributed by atoms with Gasteiger partial charge in [-0.05, 0) is 37.3 Å². The number of benzene rings is 2. The van der Waals surface area contributed by atoms with Gasteiger partial charge in [-0.2, -0.15) is 0 Å². The number of urea groups is 1. The van der Waals surface area contributed by atoms with Crippen LogP contribution in [0.4, 0.5) is 13.6 Å². The number of nitrogens with one attached hydrogen (secondary N) is 1. The summed E-state index contributed by atoms with van der Waals surface area (Å²) < 4.78 is 32.8. The van der Waals surface area contributed by atoms with Gasteiger partial charge in [0.1, 0.15) is 22.9 Å². The number of hydrogen-bond donors (Lipinski definition) is 1. The highest BCUT2D eigenvalue weighted by molar-refractivity contribution is 6.11. The molecule has 3 amide bonds. The Morgan fingerprint density at radius 3 is 2.59 bits per heavy atom. The van der Waals surface area contributed by atoms with E-state index in [0.717, 1.165) is 18.2 Å². The first kappa shape index (κ1) is 18.5. The minimum Gasteiger partial charge on any atom is -0.496 e. The molecule has 1 atom stereocenters. The highest BCUT2D eigenvalue weighted by atomic mass is 19.1. The first-order valence-corrected chi connectivity index (χ1v) is 8.04. The van der Waals surface area contributed by atoms with Crippen molar-refractivity contribution in [2.75, 3.05) is 13.7 Å². The van der Waals surface area contributed by atoms with Crippen LogP contribution in [0.3, 0.4) is 0 Å². The van der Waals surface area contributed by atoms with E-state index in [1.807, 2.05) is 0 Å². The molecule has 0 aliphatic carbocycles. The van der Waals surface area contributed by atoms with Gasteiger partial charge in [0, 0.05) is 5.56 Å². The maximum Gasteiger partial charge on any atom is 0.325 e. The monoisotopic (exact) mass is 374 g/mol. The van der Waals surface area contributed by atoms with Gasteiger partial charge >= 0.3 is 6.03 Å². The molecule has 0 spiro atoms. The fourth-order valence-electron chi connectivity index (χ4n) is 3.01. The molecule has 2 aromatic rings. The third-order valence-corrected chi connectivity index (χ3v) is 4.45. The number of rotatable bonds is 5. The maximum absolute atomic E-state index is 14.1. The summed E-state index contributed by atoms with van der Waals surface area (Å²) in [5.41, 5.74) is -1.93. The van der Waals surface area contributed by atoms with E-state index < -0.39 is 41.4 Å². The third-order valence-electron chi connectivity index (χ3n) is 4.45. The lowest BCUT2D eigenvalue weighted by Crippen LogP contribution is -2.42. The van der Waals surface area contributed by atoms with Crippen LogP contribution in [0.15, 0.2) is 42.5 Å². The molecule has 140 valence electrons. The van der Waals surface area contributed by atoms with Crippen molar-refractivity contribution in [2.45, 2.75) is 12.5 Å². The SMILES string of the molecule is COc1ccccc1C(=O)CN1C(=O)N[C@](C)(c2cc(F)ccc2F)C1=O. The van der Waals surface area contributed by atoms with Crippen molar-refractivity contribution in [1.29, 1.82) is 0 Å². The van der Waals surface area contributed by atoms with E-state index in [9.17, 15) is 23.2 Å². The summed E-state index contributed by atoms with van der Waals surface area (Å²) in [6.07, 6.45) is 0. The van der Waals surface area contributed by atoms with Crippen LogP contribution in [0.25, 0.3) is 0 Å². The summed E-state index contributed by atoms with van der Waals surface area (Å²) in [6, 6.07) is 8.13. The molecule has 8 heteroatoms. The molecule has 3 rings (SSSR count). The largest absolute Gasteiger partial charge is 0.496 e. The van der Waals surface area contributed by atoms with Crippen LogP contribution in [-0.4, -0.2) is 36.3 Å². The molecule has 1 saturated heterocycles. The van der Waals surface area contributed by atoms with Gasteiger partial charge in [0.25, 0.3) is 5.91 Å². The minimum absolute atomic E-state index is 0.200. The number of halogens is 2. The van der Waals surface area contributed by atoms with Crippen molar-refractivity contribution in [1.82, 2.24) is 10.2 Å². The number of carbonyl (C=O) groups excluding carboxylic acids is 3. The molecule has 1 fully saturated rings. The van der Waals surface area contributed by atoms with Crippen LogP contribution in [0.1, 0.15) is 22.8 Å². The quantitative estimate of drug-likeness (QED) is 0.645. The van der Waals surface area contributed by atoms with Gasteiger partial charge in [-0.1, -0.05) is 12.1 Å². The lowest BCUT2D eigenvalue weighted by molar-refractivity contribution is -0.130. The Bertz CT molecular complexity index is 947. The van der Waals surface area contributed by atoms with Gasteiger partial charge in [0.15, 0.2) is 5.78 Å². The summed E-state index contributed by atoms with van der Waals surface area (Å²) in [4.78, 5) is 38.3. The second kappa shape index (κ2) is 6.79. The number of amides is 3. The zero-order valence-electron chi connectivity index (χ0n) is 14.6. The second-order valence-corrected chi connectivity index (χ2v) is 6.19. The Balaban J connectivity index is 1.90. The van der Waals surface area contributed by atoms with Crippen LogP contribution >= 0.6 is 0 Å². The standard InChI is InChI=1S/C19H16F2N2O4/c1-19(13-9-11(20)7-8-14(13)21)17(25)23(18(26)22-19)10-15(24)12-5-3-4-6-16(12)27-2/h3-9H,10H2,1-2H3,(H,22,26)/t19-/m1/s1. The van der Waals surface area contributed by atoms with Crippen LogP contribution in [0, 0.1) is 11.6 Å². The fourth-order valence-corrected chi connectivity index (χ4v) is 3.01. The number of nitrogens with zero attached hydrogens (tertiary/aromatic N) is 1. The Morgan fingerprint density at radius 1 is 1.19 bits per heavy atom. The van der Waals surface area contributed by atoms with E-state index in [1.165, 1.54) is 20.1 Å². The molecule has 2 aromatic carbocycles. The number of hydrogen-bond acceptors (Lipinski definition) is 4. The maximum atomic E-state index is 14.1. The van der Waals surface area contributed by atoms with Crippen molar-refractivity contribution in [2.24, 2.45) is 0 Å². The third kappa shape index (κ3) is 3.14. The second-order valence-electron chi connectivity index (χ2n) is 6.19. The molecule has 0 unspecified atom stereocenters. The molecule has 27 heavy (non-hydrogen) atoms. The van der Waals surface area contributed by atoms with Crippen LogP contribution in [-0.2, 0) is 10.3 Å². The van der Waals surface area contributed by atoms with Gasteiger partial charge < -0.3 is 10.1 Å². The number of ether oxygens (including phenoxy) is 1. The Hall–Kier alpha value is -3.29. The molecular weight excluding hydrogens is 358 g/mol. The summed E-state index contributed by atoms with van der Waals surface area (Å²) in [6.45, 7) is 0.705. The molecule has 0 saturated carbocycles. The first-order valence-electron chi connectivity index (χ1n) is 8.04. The Kier molecular flexibility index (Phi) is 4.65. The Morgan fingerprint density at radius 2 is 1.89 bits per heavy atom. The average Bonchev–Trinajstić information content (AvgIpc) is 2.87. The highest BCUT2D eigenvalue weighted by Crippen LogP contribution is 2.31. The predicted octanol–water partition coefficient (Wildman–Crippen LogP) is 2.62. The topological polar surface area (TPSA) is 75.7 Å². The van der Waals surface area contributed by atoms with E-state index >= 15 is 0 Å². The first-order chi connectivity index (χ1) is 12.8. The predicted molar refractivity (Wildman–Crippen MR) is 91.3 cm³/mol. The molecule has 0 radical (unpaired) electrons. The van der Waals surface area contributed by atoms with Crippen molar-refractivity contribution >= 4 is 17.7 Å². The summed E-state index contributed by atoms with van der Waals surface area (Å²) in [5, 5.41) is 2.35. The van der Waals surface area contributed by atoms with Gasteiger partial charge in [-0.25, -0.2) is 13.6 Å². The lowest BCUT2D eigenvalue weighted by atomic mass is 9.91. The number of methoxy groups -OCH3 is 1. The number of Topliss-reactive ketones (excluding diaryl/α,β-unsaturated/α-hetero) is 1. The molecule has 1 N–H and O–H groups in total. The zero-order chi connectivity index (χ0) is 19.8. The van der Waals surface area contributed by atoms with Gasteiger partial charge in [0.05, 0.1) is 19.2 Å². The number of imide groups is 1. The molecule has 0 bridgehead atoms. The van der Waals surface area contributed by atoms with E-state index in [2.05, 4.69) is 5.32 Å². The van der Waals surface area contributed by atoms with Crippen LogP contribution < -0.4 is 10.1 Å². The molecule has 1 aliphatic rings. The molecule has 1 heterocycles. The fraction of sp³-hybridized carbons (Fsp3) is 0.211. The molecule has 0 aromatic heterocycles. The van der Waals surface area contributed by atoms with Crippen molar-refractivity contribution in [3.63, 3.8) is 0 Å². The average molecular weight is 374 g/mol. The summed E-state index contributed by atoms with van der Waals surface area (Å²) in [5.74, 6) is -2.67. The zero-order valence-corrected chi connectivity index (χ0v) is 14.6. The van der Waals surface area contributed by atoms with Crippen molar-refractivity contribution in [3.05, 3.63) is 65.2 Å². The lowest BCUT2D eigenvalue weighted by Gasteiger charge is -2.22. The Labute approximate surface area is 153 Å². The van der Waals surface area contributed by atoms with Gasteiger partial charge in [0.2, 0.25) is 0 Å². The van der Waals surface area contributed by atoms with Gasteiger partial charge in [-0.15, -0.1) is 0 Å². The molecule has 1 aliphatic heterocycles. The number of carbonyl (C=O) groups is 3. The molecular formula is C19H16F2N2O4. The van der Waals surface area contributed by atoms with Crippen LogP contribution in [0.2, 0.25) is 0 Å². The van der Waals surface area contributed by atoms with Crippen molar-refractivity contribution < 1.29 is 27.9 Å². The normalized spacial score (nSPS) is 19.2. The minimum atomic E-state index is -1.82. The van der Waals surface area contributed by atoms with Gasteiger partial charge in [-0.3, -0.25) is 14.5 Å². The van der Waals surface area contributed by atoms with E-state index in [-0.39, 0.29) is 11.1 Å². The summed E-state index contributed by atoms with van der Waals surface area (Å²) in [7, 11) is 1.39. The molecule has 6 nitrogen and oxygen atoms in total. The van der Waals surface area contributed by atoms with Crippen molar-refractivity contribution in [3.8, 4) is 5.75 Å². The van der Waals surface area contributed by atoms with Crippen LogP contribution in [0.5, 0.6) is 5.75 Å². The summed E-state index contributed by atoms with van der Waals surface area (Å²) >= 11 is 0. The highest BCUT2D eigenvalue weighted by Gasteiger charge is 2.50. The van der Waals surface area contributed by atoms with E-state index in [4.69, 9.17) is 4.74 Å². The number of ketones is 1. The van der Waals surface area contributed by atoms with E-state index in [0.29, 0.717) is 10.6 Å². The smallest absolute Gasteiger partial charge is 0.325 e. The number of para-hydroxylation sites is 1. The van der Waals surface area contributed by atoms with E-state index in [1.54, 1.807) is 18.2 Å².